The van der Waals surface area contributed by atoms with Crippen LogP contribution in [0.2, 0.25) is 0 Å². The maximum absolute atomic E-state index is 9.42. The molecule has 94 valence electrons. The molecule has 0 bridgehead atoms. The standard InChI is InChI=1S/C17H20O/c1-3-13-17(2,14-7-5-4-6-8-14)15-9-11-16(18)12-10-15/h4-12,18H,3,13H2,1-2H3. The zero-order valence-corrected chi connectivity index (χ0v) is 11.1. The van der Waals surface area contributed by atoms with Gasteiger partial charge in [-0.15, -0.1) is 0 Å². The molecule has 0 aliphatic rings. The highest BCUT2D eigenvalue weighted by atomic mass is 16.3. The molecule has 18 heavy (non-hydrogen) atoms. The Morgan fingerprint density at radius 2 is 1.44 bits per heavy atom. The van der Waals surface area contributed by atoms with Crippen molar-refractivity contribution in [2.75, 3.05) is 0 Å². The van der Waals surface area contributed by atoms with Gasteiger partial charge >= 0.3 is 0 Å². The van der Waals surface area contributed by atoms with E-state index in [1.54, 1.807) is 12.1 Å². The van der Waals surface area contributed by atoms with Gasteiger partial charge in [-0.2, -0.15) is 0 Å². The Morgan fingerprint density at radius 1 is 0.889 bits per heavy atom. The molecule has 0 radical (unpaired) electrons. The van der Waals surface area contributed by atoms with Gasteiger partial charge in [0.05, 0.1) is 0 Å². The second-order valence-electron chi connectivity index (χ2n) is 5.00. The molecule has 1 unspecified atom stereocenters. The SMILES string of the molecule is CCCC(C)(c1ccccc1)c1ccc(O)cc1. The molecule has 0 saturated heterocycles. The number of rotatable bonds is 4. The van der Waals surface area contributed by atoms with Crippen molar-refractivity contribution in [3.8, 4) is 5.75 Å². The number of hydrogen-bond donors (Lipinski definition) is 1. The third-order valence-electron chi connectivity index (χ3n) is 3.67. The molecule has 1 atom stereocenters. The van der Waals surface area contributed by atoms with Crippen molar-refractivity contribution < 1.29 is 5.11 Å². The highest BCUT2D eigenvalue weighted by Crippen LogP contribution is 2.36. The minimum Gasteiger partial charge on any atom is -0.508 e. The average Bonchev–Trinajstić information content (AvgIpc) is 2.40. The third kappa shape index (κ3) is 2.40. The van der Waals surface area contributed by atoms with E-state index in [2.05, 4.69) is 38.1 Å². The van der Waals surface area contributed by atoms with Crippen LogP contribution in [0, 0.1) is 0 Å². The van der Waals surface area contributed by atoms with Gasteiger partial charge in [0.1, 0.15) is 5.75 Å². The van der Waals surface area contributed by atoms with Gasteiger partial charge < -0.3 is 5.11 Å². The van der Waals surface area contributed by atoms with Crippen LogP contribution in [-0.4, -0.2) is 5.11 Å². The van der Waals surface area contributed by atoms with Crippen LogP contribution >= 0.6 is 0 Å². The summed E-state index contributed by atoms with van der Waals surface area (Å²) < 4.78 is 0. The van der Waals surface area contributed by atoms with Crippen molar-refractivity contribution in [1.29, 1.82) is 0 Å². The molecular formula is C17H20O. The lowest BCUT2D eigenvalue weighted by Gasteiger charge is -2.30. The Labute approximate surface area is 109 Å². The topological polar surface area (TPSA) is 20.2 Å². The average molecular weight is 240 g/mol. The molecule has 0 fully saturated rings. The van der Waals surface area contributed by atoms with Crippen LogP contribution in [0.1, 0.15) is 37.8 Å². The van der Waals surface area contributed by atoms with Gasteiger partial charge in [0.2, 0.25) is 0 Å². The molecule has 2 aromatic carbocycles. The quantitative estimate of drug-likeness (QED) is 0.834. The molecule has 0 spiro atoms. The van der Waals surface area contributed by atoms with Gasteiger partial charge in [0.25, 0.3) is 0 Å². The Kier molecular flexibility index (Phi) is 3.71. The first-order valence-electron chi connectivity index (χ1n) is 6.52. The summed E-state index contributed by atoms with van der Waals surface area (Å²) in [5, 5.41) is 9.42. The van der Waals surface area contributed by atoms with E-state index in [1.165, 1.54) is 11.1 Å². The molecule has 1 nitrogen and oxygen atoms in total. The van der Waals surface area contributed by atoms with Crippen LogP contribution in [0.5, 0.6) is 5.75 Å². The monoisotopic (exact) mass is 240 g/mol. The van der Waals surface area contributed by atoms with Crippen LogP contribution in [0.4, 0.5) is 0 Å². The summed E-state index contributed by atoms with van der Waals surface area (Å²) in [4.78, 5) is 0. The first-order valence-corrected chi connectivity index (χ1v) is 6.52. The number of phenols is 1. The zero-order valence-electron chi connectivity index (χ0n) is 11.1. The second-order valence-corrected chi connectivity index (χ2v) is 5.00. The van der Waals surface area contributed by atoms with Crippen molar-refractivity contribution in [3.05, 3.63) is 65.7 Å². The molecule has 0 saturated carbocycles. The molecule has 0 aliphatic carbocycles. The summed E-state index contributed by atoms with van der Waals surface area (Å²) in [5.74, 6) is 0.325. The van der Waals surface area contributed by atoms with Crippen molar-refractivity contribution in [2.45, 2.75) is 32.1 Å². The van der Waals surface area contributed by atoms with E-state index in [0.717, 1.165) is 12.8 Å². The smallest absolute Gasteiger partial charge is 0.115 e. The Morgan fingerprint density at radius 3 is 2.00 bits per heavy atom. The highest BCUT2D eigenvalue weighted by Gasteiger charge is 2.27. The van der Waals surface area contributed by atoms with E-state index in [1.807, 2.05) is 18.2 Å². The van der Waals surface area contributed by atoms with Crippen molar-refractivity contribution in [1.82, 2.24) is 0 Å². The number of benzene rings is 2. The van der Waals surface area contributed by atoms with Crippen molar-refractivity contribution in [3.63, 3.8) is 0 Å². The van der Waals surface area contributed by atoms with Crippen LogP contribution < -0.4 is 0 Å². The fourth-order valence-electron chi connectivity index (χ4n) is 2.59. The molecule has 1 heteroatoms. The summed E-state index contributed by atoms with van der Waals surface area (Å²) in [6.07, 6.45) is 2.23. The van der Waals surface area contributed by atoms with E-state index < -0.39 is 0 Å². The summed E-state index contributed by atoms with van der Waals surface area (Å²) in [5.41, 5.74) is 2.61. The first kappa shape index (κ1) is 12.7. The van der Waals surface area contributed by atoms with Crippen LogP contribution in [0.15, 0.2) is 54.6 Å². The third-order valence-corrected chi connectivity index (χ3v) is 3.67. The highest BCUT2D eigenvalue weighted by molar-refractivity contribution is 5.40. The van der Waals surface area contributed by atoms with Gasteiger partial charge in [-0.05, 0) is 29.7 Å². The zero-order chi connectivity index (χ0) is 13.0. The lowest BCUT2D eigenvalue weighted by Crippen LogP contribution is -2.23. The maximum Gasteiger partial charge on any atom is 0.115 e. The molecular weight excluding hydrogens is 220 g/mol. The Balaban J connectivity index is 2.47. The van der Waals surface area contributed by atoms with E-state index in [0.29, 0.717) is 5.75 Å². The van der Waals surface area contributed by atoms with Gasteiger partial charge in [-0.1, -0.05) is 62.7 Å². The normalized spacial score (nSPS) is 14.1. The minimum absolute atomic E-state index is 0.0176. The number of aromatic hydroxyl groups is 1. The predicted octanol–water partition coefficient (Wildman–Crippen LogP) is 4.50. The second kappa shape index (κ2) is 5.26. The minimum atomic E-state index is 0.0176. The maximum atomic E-state index is 9.42. The summed E-state index contributed by atoms with van der Waals surface area (Å²) >= 11 is 0. The van der Waals surface area contributed by atoms with Gasteiger partial charge in [0, 0.05) is 5.41 Å². The molecule has 1 N–H and O–H groups in total. The summed E-state index contributed by atoms with van der Waals surface area (Å²) in [6.45, 7) is 4.49. The summed E-state index contributed by atoms with van der Waals surface area (Å²) in [6, 6.07) is 18.2. The molecule has 0 aromatic heterocycles. The fraction of sp³-hybridized carbons (Fsp3) is 0.294. The largest absolute Gasteiger partial charge is 0.508 e. The lowest BCUT2D eigenvalue weighted by molar-refractivity contribution is 0.472. The van der Waals surface area contributed by atoms with Crippen molar-refractivity contribution in [2.24, 2.45) is 0 Å². The van der Waals surface area contributed by atoms with E-state index in [-0.39, 0.29) is 5.41 Å². The van der Waals surface area contributed by atoms with E-state index in [4.69, 9.17) is 0 Å². The molecule has 2 rings (SSSR count). The molecule has 0 amide bonds. The molecule has 0 heterocycles. The van der Waals surface area contributed by atoms with Crippen molar-refractivity contribution >= 4 is 0 Å². The van der Waals surface area contributed by atoms with Gasteiger partial charge in [0.15, 0.2) is 0 Å². The number of phenolic OH excluding ortho intramolecular Hbond substituents is 1. The molecule has 0 aliphatic heterocycles. The van der Waals surface area contributed by atoms with Crippen LogP contribution in [-0.2, 0) is 5.41 Å². The van der Waals surface area contributed by atoms with E-state index in [9.17, 15) is 5.11 Å². The molecule has 2 aromatic rings. The van der Waals surface area contributed by atoms with Gasteiger partial charge in [-0.3, -0.25) is 0 Å². The Bertz CT molecular complexity index is 487. The Hall–Kier alpha value is -1.76. The number of hydrogen-bond acceptors (Lipinski definition) is 1. The predicted molar refractivity (Wildman–Crippen MR) is 75.9 cm³/mol. The van der Waals surface area contributed by atoms with Gasteiger partial charge in [-0.25, -0.2) is 0 Å². The lowest BCUT2D eigenvalue weighted by atomic mass is 9.73. The van der Waals surface area contributed by atoms with Crippen LogP contribution in [0.25, 0.3) is 0 Å². The van der Waals surface area contributed by atoms with Crippen LogP contribution in [0.3, 0.4) is 0 Å². The van der Waals surface area contributed by atoms with E-state index >= 15 is 0 Å². The fourth-order valence-corrected chi connectivity index (χ4v) is 2.59. The summed E-state index contributed by atoms with van der Waals surface area (Å²) in [7, 11) is 0. The first-order chi connectivity index (χ1) is 8.66.